The van der Waals surface area contributed by atoms with Gasteiger partial charge in [-0.2, -0.15) is 0 Å². The van der Waals surface area contributed by atoms with Gasteiger partial charge in [-0.3, -0.25) is 4.79 Å². The number of carbonyl (C=O) groups is 2. The van der Waals surface area contributed by atoms with Crippen LogP contribution in [0.3, 0.4) is 0 Å². The van der Waals surface area contributed by atoms with Crippen LogP contribution in [-0.4, -0.2) is 48.2 Å². The fraction of sp³-hybridized carbons (Fsp3) is 0.467. The summed E-state index contributed by atoms with van der Waals surface area (Å²) in [5, 5.41) is 11.4. The molecule has 0 bridgehead atoms. The number of carboxylic acid groups (broad SMARTS) is 1. The smallest absolute Gasteiger partial charge is 0.317 e. The number of hydrogen-bond donors (Lipinski definition) is 2. The number of aliphatic carboxylic acids is 1. The van der Waals surface area contributed by atoms with Crippen LogP contribution in [0.4, 0.5) is 4.79 Å². The van der Waals surface area contributed by atoms with Crippen LogP contribution >= 0.6 is 0 Å². The molecule has 2 N–H and O–H groups in total. The first kappa shape index (κ1) is 15.2. The Kier molecular flexibility index (Phi) is 5.03. The van der Waals surface area contributed by atoms with E-state index in [1.54, 1.807) is 7.05 Å². The Hall–Kier alpha value is -2.24. The van der Waals surface area contributed by atoms with Gasteiger partial charge in [0.1, 0.15) is 11.9 Å². The molecule has 1 heterocycles. The lowest BCUT2D eigenvalue weighted by molar-refractivity contribution is -0.137. The van der Waals surface area contributed by atoms with Gasteiger partial charge >= 0.3 is 12.0 Å². The molecular formula is C15H20N2O4. The van der Waals surface area contributed by atoms with Gasteiger partial charge < -0.3 is 20.1 Å². The molecule has 0 spiro atoms. The lowest BCUT2D eigenvalue weighted by Gasteiger charge is -2.19. The van der Waals surface area contributed by atoms with E-state index < -0.39 is 5.97 Å². The van der Waals surface area contributed by atoms with Crippen LogP contribution in [0.25, 0.3) is 0 Å². The molecule has 6 heteroatoms. The SMILES string of the molecule is CN(CCCC(=O)O)C(=O)NCC1Cc2ccccc2O1. The maximum absolute atomic E-state index is 11.9. The molecule has 21 heavy (non-hydrogen) atoms. The first-order valence-corrected chi connectivity index (χ1v) is 7.01. The van der Waals surface area contributed by atoms with E-state index in [0.29, 0.717) is 19.5 Å². The summed E-state index contributed by atoms with van der Waals surface area (Å²) in [6.07, 6.45) is 1.27. The molecule has 2 amide bonds. The number of nitrogens with one attached hydrogen (secondary N) is 1. The molecule has 0 saturated carbocycles. The van der Waals surface area contributed by atoms with Crippen molar-refractivity contribution in [3.63, 3.8) is 0 Å². The third kappa shape index (κ3) is 4.37. The Balaban J connectivity index is 1.69. The number of ether oxygens (including phenoxy) is 1. The second-order valence-corrected chi connectivity index (χ2v) is 5.16. The van der Waals surface area contributed by atoms with E-state index >= 15 is 0 Å². The van der Waals surface area contributed by atoms with Crippen molar-refractivity contribution in [1.82, 2.24) is 10.2 Å². The van der Waals surface area contributed by atoms with E-state index in [0.717, 1.165) is 17.7 Å². The number of para-hydroxylation sites is 1. The van der Waals surface area contributed by atoms with Crippen molar-refractivity contribution < 1.29 is 19.4 Å². The van der Waals surface area contributed by atoms with Crippen molar-refractivity contribution in [1.29, 1.82) is 0 Å². The van der Waals surface area contributed by atoms with Crippen LogP contribution in [0.1, 0.15) is 18.4 Å². The summed E-state index contributed by atoms with van der Waals surface area (Å²) in [6.45, 7) is 0.862. The molecule has 1 aromatic rings. The molecule has 1 aromatic carbocycles. The first-order chi connectivity index (χ1) is 10.1. The van der Waals surface area contributed by atoms with Crippen molar-refractivity contribution in [3.8, 4) is 5.75 Å². The van der Waals surface area contributed by atoms with Crippen molar-refractivity contribution in [2.24, 2.45) is 0 Å². The van der Waals surface area contributed by atoms with E-state index in [1.165, 1.54) is 4.90 Å². The summed E-state index contributed by atoms with van der Waals surface area (Å²) in [5.74, 6) is 0.0347. The van der Waals surface area contributed by atoms with Crippen molar-refractivity contribution in [3.05, 3.63) is 29.8 Å². The van der Waals surface area contributed by atoms with E-state index in [-0.39, 0.29) is 18.6 Å². The van der Waals surface area contributed by atoms with Gasteiger partial charge in [0.15, 0.2) is 0 Å². The highest BCUT2D eigenvalue weighted by molar-refractivity contribution is 5.74. The van der Waals surface area contributed by atoms with Crippen molar-refractivity contribution in [2.45, 2.75) is 25.4 Å². The predicted molar refractivity (Wildman–Crippen MR) is 77.5 cm³/mol. The van der Waals surface area contributed by atoms with Gasteiger partial charge in [0.05, 0.1) is 6.54 Å². The van der Waals surface area contributed by atoms with E-state index in [1.807, 2.05) is 24.3 Å². The molecule has 0 saturated heterocycles. The fourth-order valence-corrected chi connectivity index (χ4v) is 2.27. The second kappa shape index (κ2) is 6.97. The number of carboxylic acids is 1. The molecule has 1 aliphatic rings. The van der Waals surface area contributed by atoms with Gasteiger partial charge in [-0.15, -0.1) is 0 Å². The molecule has 1 unspecified atom stereocenters. The molecule has 6 nitrogen and oxygen atoms in total. The minimum atomic E-state index is -0.846. The number of amides is 2. The standard InChI is InChI=1S/C15H20N2O4/c1-17(8-4-7-14(18)19)15(20)16-10-12-9-11-5-2-3-6-13(11)21-12/h2-3,5-6,12H,4,7-10H2,1H3,(H,16,20)(H,18,19). The van der Waals surface area contributed by atoms with Gasteiger partial charge in [-0.05, 0) is 18.1 Å². The van der Waals surface area contributed by atoms with Gasteiger partial charge in [-0.1, -0.05) is 18.2 Å². The minimum absolute atomic E-state index is 0.0428. The largest absolute Gasteiger partial charge is 0.488 e. The molecule has 0 aliphatic carbocycles. The lowest BCUT2D eigenvalue weighted by atomic mass is 10.1. The lowest BCUT2D eigenvalue weighted by Crippen LogP contribution is -2.42. The zero-order valence-electron chi connectivity index (χ0n) is 12.0. The number of carbonyl (C=O) groups excluding carboxylic acids is 1. The number of benzene rings is 1. The average Bonchev–Trinajstić information content (AvgIpc) is 2.87. The Morgan fingerprint density at radius 1 is 1.43 bits per heavy atom. The maximum atomic E-state index is 11.9. The quantitative estimate of drug-likeness (QED) is 0.832. The van der Waals surface area contributed by atoms with E-state index in [4.69, 9.17) is 9.84 Å². The number of fused-ring (bicyclic) bond motifs is 1. The van der Waals surface area contributed by atoms with Gasteiger partial charge in [-0.25, -0.2) is 4.79 Å². The fourth-order valence-electron chi connectivity index (χ4n) is 2.27. The summed E-state index contributed by atoms with van der Waals surface area (Å²) in [5.41, 5.74) is 1.16. The van der Waals surface area contributed by atoms with Crippen molar-refractivity contribution in [2.75, 3.05) is 20.1 Å². The zero-order chi connectivity index (χ0) is 15.2. The highest BCUT2D eigenvalue weighted by atomic mass is 16.5. The molecular weight excluding hydrogens is 272 g/mol. The second-order valence-electron chi connectivity index (χ2n) is 5.16. The third-order valence-electron chi connectivity index (χ3n) is 3.43. The highest BCUT2D eigenvalue weighted by Crippen LogP contribution is 2.27. The number of urea groups is 1. The predicted octanol–water partition coefficient (Wildman–Crippen LogP) is 1.50. The molecule has 0 fully saturated rings. The Morgan fingerprint density at radius 2 is 2.19 bits per heavy atom. The number of hydrogen-bond acceptors (Lipinski definition) is 3. The maximum Gasteiger partial charge on any atom is 0.317 e. The monoisotopic (exact) mass is 292 g/mol. The van der Waals surface area contributed by atoms with Gasteiger partial charge in [0.2, 0.25) is 0 Å². The molecule has 114 valence electrons. The molecule has 1 aliphatic heterocycles. The third-order valence-corrected chi connectivity index (χ3v) is 3.43. The van der Waals surface area contributed by atoms with E-state index in [2.05, 4.69) is 5.32 Å². The molecule has 1 atom stereocenters. The summed E-state index contributed by atoms with van der Waals surface area (Å²) >= 11 is 0. The first-order valence-electron chi connectivity index (χ1n) is 7.01. The topological polar surface area (TPSA) is 78.9 Å². The van der Waals surface area contributed by atoms with Crippen LogP contribution in [-0.2, 0) is 11.2 Å². The Morgan fingerprint density at radius 3 is 2.90 bits per heavy atom. The highest BCUT2D eigenvalue weighted by Gasteiger charge is 2.23. The summed E-state index contributed by atoms with van der Waals surface area (Å²) in [6, 6.07) is 7.64. The zero-order valence-corrected chi connectivity index (χ0v) is 12.0. The summed E-state index contributed by atoms with van der Waals surface area (Å²) in [4.78, 5) is 23.8. The normalized spacial score (nSPS) is 16.0. The Labute approximate surface area is 123 Å². The van der Waals surface area contributed by atoms with Crippen molar-refractivity contribution >= 4 is 12.0 Å². The number of rotatable bonds is 6. The van der Waals surface area contributed by atoms with E-state index in [9.17, 15) is 9.59 Å². The molecule has 0 radical (unpaired) electrons. The van der Waals surface area contributed by atoms with Gasteiger partial charge in [0, 0.05) is 26.4 Å². The molecule has 2 rings (SSSR count). The minimum Gasteiger partial charge on any atom is -0.488 e. The van der Waals surface area contributed by atoms with Gasteiger partial charge in [0.25, 0.3) is 0 Å². The summed E-state index contributed by atoms with van der Waals surface area (Å²) in [7, 11) is 1.65. The van der Waals surface area contributed by atoms with Crippen LogP contribution in [0.2, 0.25) is 0 Å². The van der Waals surface area contributed by atoms with Crippen LogP contribution in [0.15, 0.2) is 24.3 Å². The Bertz CT molecular complexity index is 493. The van der Waals surface area contributed by atoms with Crippen LogP contribution in [0, 0.1) is 0 Å². The average molecular weight is 292 g/mol. The summed E-state index contributed by atoms with van der Waals surface area (Å²) < 4.78 is 5.74. The van der Waals surface area contributed by atoms with Crippen LogP contribution < -0.4 is 10.1 Å². The molecule has 0 aromatic heterocycles. The van der Waals surface area contributed by atoms with Crippen LogP contribution in [0.5, 0.6) is 5.75 Å². The number of nitrogens with zero attached hydrogens (tertiary/aromatic N) is 1.